The molecular formula is C17H11ClF4N2O3. The van der Waals surface area contributed by atoms with Crippen LogP contribution < -0.4 is 0 Å². The molecule has 1 aliphatic carbocycles. The Labute approximate surface area is 155 Å². The number of allylic oxidation sites excluding steroid dienone is 4. The zero-order chi connectivity index (χ0) is 19.8. The van der Waals surface area contributed by atoms with Crippen LogP contribution >= 0.6 is 11.6 Å². The number of alkyl halides is 3. The maximum absolute atomic E-state index is 13.7. The molecule has 0 fully saturated rings. The average molecular weight is 403 g/mol. The molecule has 5 nitrogen and oxygen atoms in total. The molecule has 10 heteroatoms. The van der Waals surface area contributed by atoms with Crippen LogP contribution in [-0.2, 0) is 4.74 Å². The average Bonchev–Trinajstić information content (AvgIpc) is 3.01. The van der Waals surface area contributed by atoms with Gasteiger partial charge < -0.3 is 9.84 Å². The summed E-state index contributed by atoms with van der Waals surface area (Å²) >= 11 is 5.94. The molecule has 27 heavy (non-hydrogen) atoms. The minimum atomic E-state index is -5.04. The third-order valence-corrected chi connectivity index (χ3v) is 4.01. The Morgan fingerprint density at radius 2 is 2.07 bits per heavy atom. The number of halogens is 5. The quantitative estimate of drug-likeness (QED) is 0.732. The first-order valence-electron chi connectivity index (χ1n) is 7.56. The van der Waals surface area contributed by atoms with Crippen molar-refractivity contribution in [2.75, 3.05) is 0 Å². The van der Waals surface area contributed by atoms with E-state index in [9.17, 15) is 27.5 Å². The second-order valence-electron chi connectivity index (χ2n) is 5.64. The van der Waals surface area contributed by atoms with Gasteiger partial charge in [0.15, 0.2) is 11.5 Å². The molecule has 0 spiro atoms. The molecule has 142 valence electrons. The molecule has 2 aromatic rings. The van der Waals surface area contributed by atoms with Crippen molar-refractivity contribution in [1.82, 2.24) is 9.78 Å². The SMILES string of the molecule is O=C(O)c1cc(C2C=CC(F)=C(OC(F)(F)F)C2)n(-c2cccc(Cl)c2)n1. The van der Waals surface area contributed by atoms with Gasteiger partial charge in [0.05, 0.1) is 11.4 Å². The summed E-state index contributed by atoms with van der Waals surface area (Å²) in [6, 6.07) is 7.54. The molecule has 1 aliphatic rings. The lowest BCUT2D eigenvalue weighted by Crippen LogP contribution is -2.17. The van der Waals surface area contributed by atoms with Crippen LogP contribution in [0.5, 0.6) is 0 Å². The molecule has 0 amide bonds. The third-order valence-electron chi connectivity index (χ3n) is 3.77. The van der Waals surface area contributed by atoms with E-state index in [0.29, 0.717) is 10.7 Å². The first kappa shape index (κ1) is 19.0. The summed E-state index contributed by atoms with van der Waals surface area (Å²) in [5.41, 5.74) is 0.347. The van der Waals surface area contributed by atoms with Crippen molar-refractivity contribution < 1.29 is 32.2 Å². The zero-order valence-electron chi connectivity index (χ0n) is 13.4. The highest BCUT2D eigenvalue weighted by molar-refractivity contribution is 6.30. The third kappa shape index (κ3) is 4.30. The molecule has 3 rings (SSSR count). The Morgan fingerprint density at radius 1 is 1.33 bits per heavy atom. The number of benzene rings is 1. The number of carboxylic acids is 1. The van der Waals surface area contributed by atoms with E-state index >= 15 is 0 Å². The lowest BCUT2D eigenvalue weighted by Gasteiger charge is -2.21. The number of carboxylic acid groups (broad SMARTS) is 1. The predicted molar refractivity (Wildman–Crippen MR) is 87.3 cm³/mol. The normalized spacial score (nSPS) is 17.3. The summed E-state index contributed by atoms with van der Waals surface area (Å²) in [7, 11) is 0. The lowest BCUT2D eigenvalue weighted by molar-refractivity contribution is -0.307. The van der Waals surface area contributed by atoms with Crippen molar-refractivity contribution in [3.63, 3.8) is 0 Å². The predicted octanol–water partition coefficient (Wildman–Crippen LogP) is 4.98. The summed E-state index contributed by atoms with van der Waals surface area (Å²) in [4.78, 5) is 11.3. The Morgan fingerprint density at radius 3 is 2.70 bits per heavy atom. The lowest BCUT2D eigenvalue weighted by atomic mass is 9.95. The van der Waals surface area contributed by atoms with E-state index in [1.807, 2.05) is 0 Å². The van der Waals surface area contributed by atoms with Crippen molar-refractivity contribution in [3.8, 4) is 5.69 Å². The fraction of sp³-hybridized carbons (Fsp3) is 0.176. The summed E-state index contributed by atoms with van der Waals surface area (Å²) in [6.45, 7) is 0. The first-order chi connectivity index (χ1) is 12.6. The molecule has 0 bridgehead atoms. The van der Waals surface area contributed by atoms with E-state index in [1.165, 1.54) is 22.9 Å². The minimum Gasteiger partial charge on any atom is -0.476 e. The summed E-state index contributed by atoms with van der Waals surface area (Å²) < 4.78 is 56.2. The van der Waals surface area contributed by atoms with Crippen LogP contribution in [0.3, 0.4) is 0 Å². The van der Waals surface area contributed by atoms with Gasteiger partial charge in [-0.25, -0.2) is 13.9 Å². The fourth-order valence-electron chi connectivity index (χ4n) is 2.67. The van der Waals surface area contributed by atoms with Crippen molar-refractivity contribution in [1.29, 1.82) is 0 Å². The van der Waals surface area contributed by atoms with Crippen molar-refractivity contribution in [2.24, 2.45) is 0 Å². The monoisotopic (exact) mass is 402 g/mol. The molecular weight excluding hydrogens is 392 g/mol. The Balaban J connectivity index is 2.02. The van der Waals surface area contributed by atoms with E-state index in [1.54, 1.807) is 18.2 Å². The molecule has 0 saturated carbocycles. The molecule has 1 atom stereocenters. The maximum Gasteiger partial charge on any atom is 0.572 e. The van der Waals surface area contributed by atoms with E-state index in [4.69, 9.17) is 11.6 Å². The Bertz CT molecular complexity index is 950. The number of hydrogen-bond acceptors (Lipinski definition) is 3. The van der Waals surface area contributed by atoms with Gasteiger partial charge in [0.1, 0.15) is 5.76 Å². The number of ether oxygens (including phenoxy) is 1. The van der Waals surface area contributed by atoms with Crippen molar-refractivity contribution in [2.45, 2.75) is 18.7 Å². The van der Waals surface area contributed by atoms with E-state index in [-0.39, 0.29) is 11.4 Å². The van der Waals surface area contributed by atoms with Gasteiger partial charge in [-0.3, -0.25) is 0 Å². The van der Waals surface area contributed by atoms with Crippen LogP contribution in [0.1, 0.15) is 28.5 Å². The number of hydrogen-bond donors (Lipinski definition) is 1. The standard InChI is InChI=1S/C17H11ClF4N2O3/c18-10-2-1-3-11(7-10)24-14(8-13(23-24)16(25)26)9-4-5-12(19)15(6-9)27-17(20,21)22/h1-5,7-9H,6H2,(H,25,26). The molecule has 1 unspecified atom stereocenters. The van der Waals surface area contributed by atoms with E-state index < -0.39 is 36.3 Å². The second kappa shape index (κ2) is 7.07. The number of rotatable bonds is 4. The molecule has 1 aromatic heterocycles. The summed E-state index contributed by atoms with van der Waals surface area (Å²) in [6.07, 6.45) is -3.32. The topological polar surface area (TPSA) is 64.3 Å². The first-order valence-corrected chi connectivity index (χ1v) is 7.93. The highest BCUT2D eigenvalue weighted by Crippen LogP contribution is 2.37. The summed E-state index contributed by atoms with van der Waals surface area (Å²) in [5.74, 6) is -4.13. The largest absolute Gasteiger partial charge is 0.572 e. The number of aromatic carboxylic acids is 1. The van der Waals surface area contributed by atoms with Gasteiger partial charge in [-0.2, -0.15) is 5.10 Å². The van der Waals surface area contributed by atoms with E-state index in [2.05, 4.69) is 9.84 Å². The van der Waals surface area contributed by atoms with Gasteiger partial charge in [0, 0.05) is 17.4 Å². The molecule has 0 radical (unpaired) electrons. The van der Waals surface area contributed by atoms with Gasteiger partial charge in [-0.1, -0.05) is 23.7 Å². The Kier molecular flexibility index (Phi) is 4.97. The highest BCUT2D eigenvalue weighted by atomic mass is 35.5. The Hall–Kier alpha value is -2.81. The van der Waals surface area contributed by atoms with E-state index in [0.717, 1.165) is 6.08 Å². The van der Waals surface area contributed by atoms with Crippen LogP contribution in [0, 0.1) is 0 Å². The smallest absolute Gasteiger partial charge is 0.476 e. The highest BCUT2D eigenvalue weighted by Gasteiger charge is 2.35. The second-order valence-corrected chi connectivity index (χ2v) is 6.08. The van der Waals surface area contributed by atoms with Gasteiger partial charge in [0.2, 0.25) is 0 Å². The van der Waals surface area contributed by atoms with Crippen molar-refractivity contribution >= 4 is 17.6 Å². The van der Waals surface area contributed by atoms with Gasteiger partial charge >= 0.3 is 12.3 Å². The molecule has 1 N–H and O–H groups in total. The summed E-state index contributed by atoms with van der Waals surface area (Å²) in [5, 5.41) is 13.5. The maximum atomic E-state index is 13.7. The van der Waals surface area contributed by atoms with Gasteiger partial charge in [0.25, 0.3) is 0 Å². The molecule has 1 aromatic carbocycles. The van der Waals surface area contributed by atoms with Gasteiger partial charge in [-0.05, 0) is 30.3 Å². The van der Waals surface area contributed by atoms with Crippen molar-refractivity contribution in [3.05, 3.63) is 70.5 Å². The molecule has 1 heterocycles. The van der Waals surface area contributed by atoms with Crippen LogP contribution in [0.15, 0.2) is 54.1 Å². The number of aromatic nitrogens is 2. The number of nitrogens with zero attached hydrogens (tertiary/aromatic N) is 2. The zero-order valence-corrected chi connectivity index (χ0v) is 14.1. The minimum absolute atomic E-state index is 0.252. The van der Waals surface area contributed by atoms with Crippen LogP contribution in [0.4, 0.5) is 17.6 Å². The van der Waals surface area contributed by atoms with Crippen LogP contribution in [-0.4, -0.2) is 27.2 Å². The molecule has 0 saturated heterocycles. The molecule has 0 aliphatic heterocycles. The van der Waals surface area contributed by atoms with Crippen LogP contribution in [0.25, 0.3) is 5.69 Å². The van der Waals surface area contributed by atoms with Crippen LogP contribution in [0.2, 0.25) is 5.02 Å². The number of carbonyl (C=O) groups is 1. The van der Waals surface area contributed by atoms with Gasteiger partial charge in [-0.15, -0.1) is 13.2 Å². The fourth-order valence-corrected chi connectivity index (χ4v) is 2.86.